The Kier molecular flexibility index (Phi) is 6.47. The Bertz CT molecular complexity index is 1670. The van der Waals surface area contributed by atoms with Gasteiger partial charge in [0, 0.05) is 21.9 Å². The number of hydrogen-bond donors (Lipinski definition) is 4. The van der Waals surface area contributed by atoms with Crippen LogP contribution < -0.4 is 33.2 Å². The van der Waals surface area contributed by atoms with Crippen molar-refractivity contribution >= 4 is 56.6 Å². The predicted octanol–water partition coefficient (Wildman–Crippen LogP) is 2.07. The number of nitrogens with one attached hydrogen (secondary N) is 3. The van der Waals surface area contributed by atoms with Crippen LogP contribution in [-0.2, 0) is 11.8 Å². The molecule has 5 N–H and O–H groups in total. The number of nitrogens with two attached hydrogens (primary N) is 1. The molecule has 0 radical (unpaired) electrons. The van der Waals surface area contributed by atoms with E-state index >= 15 is 0 Å². The molecule has 0 unspecified atom stereocenters. The monoisotopic (exact) mass is 590 g/mol. The molecule has 0 aliphatic rings. The zero-order chi connectivity index (χ0) is 25.4. The maximum Gasteiger partial charge on any atom is 0.333 e. The minimum atomic E-state index is -0.766. The number of halogens is 2. The van der Waals surface area contributed by atoms with E-state index in [0.29, 0.717) is 14.9 Å². The molecule has 0 atom stereocenters. The summed E-state index contributed by atoms with van der Waals surface area (Å²) in [7, 11) is 1.45. The maximum absolute atomic E-state index is 14.6. The maximum atomic E-state index is 14.6. The van der Waals surface area contributed by atoms with Gasteiger partial charge in [0.25, 0.3) is 11.1 Å². The van der Waals surface area contributed by atoms with E-state index < -0.39 is 28.5 Å². The van der Waals surface area contributed by atoms with E-state index in [-0.39, 0.29) is 34.5 Å². The number of primary amides is 1. The molecule has 12 heteroatoms. The standard InChI is InChI=1S/C23H20FIN6O4/c1-11-19-18(20(30(2)22(11)34)28-16-7-6-12(25)8-15(16)24)21(33)29-23(35)31(19)14-5-3-4-13(9-14)27-10-17(26)32/h3-9,27-28H,10H2,1-2H3,(H2,26,32)(H,29,33,35). The molecular formula is C23H20FIN6O4. The summed E-state index contributed by atoms with van der Waals surface area (Å²) in [6, 6.07) is 11.0. The van der Waals surface area contributed by atoms with E-state index in [1.165, 1.54) is 35.2 Å². The highest BCUT2D eigenvalue weighted by molar-refractivity contribution is 14.1. The smallest absolute Gasteiger partial charge is 0.333 e. The van der Waals surface area contributed by atoms with Crippen molar-refractivity contribution in [1.29, 1.82) is 0 Å². The molecule has 0 aliphatic carbocycles. The van der Waals surface area contributed by atoms with Crippen molar-refractivity contribution in [2.75, 3.05) is 17.2 Å². The van der Waals surface area contributed by atoms with Crippen LogP contribution in [0.25, 0.3) is 16.6 Å². The molecule has 1 amide bonds. The third-order valence-electron chi connectivity index (χ3n) is 5.42. The molecule has 180 valence electrons. The topological polar surface area (TPSA) is 144 Å². The number of aromatic nitrogens is 3. The van der Waals surface area contributed by atoms with Gasteiger partial charge in [-0.05, 0) is 65.9 Å². The summed E-state index contributed by atoms with van der Waals surface area (Å²) in [4.78, 5) is 52.5. The lowest BCUT2D eigenvalue weighted by Crippen LogP contribution is -2.34. The first-order chi connectivity index (χ1) is 16.6. The fraction of sp³-hybridized carbons (Fsp3) is 0.130. The SMILES string of the molecule is Cc1c(=O)n(C)c(Nc2ccc(I)cc2F)c2c(=O)[nH]c(=O)n(-c3cccc(NCC(N)=O)c3)c12. The van der Waals surface area contributed by atoms with Gasteiger partial charge < -0.3 is 16.4 Å². The molecule has 4 rings (SSSR count). The highest BCUT2D eigenvalue weighted by atomic mass is 127. The summed E-state index contributed by atoms with van der Waals surface area (Å²) in [5, 5.41) is 5.69. The third-order valence-corrected chi connectivity index (χ3v) is 6.09. The lowest BCUT2D eigenvalue weighted by atomic mass is 10.1. The normalized spacial score (nSPS) is 11.0. The summed E-state index contributed by atoms with van der Waals surface area (Å²) in [6.45, 7) is 1.38. The average molecular weight is 590 g/mol. The van der Waals surface area contributed by atoms with Gasteiger partial charge in [-0.1, -0.05) is 6.07 Å². The number of anilines is 3. The van der Waals surface area contributed by atoms with E-state index in [2.05, 4.69) is 15.6 Å². The number of pyridine rings is 1. The van der Waals surface area contributed by atoms with Crippen molar-refractivity contribution < 1.29 is 9.18 Å². The molecule has 2 aromatic carbocycles. The number of H-pyrrole nitrogens is 1. The molecule has 35 heavy (non-hydrogen) atoms. The first kappa shape index (κ1) is 24.2. The number of carbonyl (C=O) groups is 1. The highest BCUT2D eigenvalue weighted by Crippen LogP contribution is 2.27. The number of nitrogens with zero attached hydrogens (tertiary/aromatic N) is 2. The van der Waals surface area contributed by atoms with Crippen molar-refractivity contribution in [3.63, 3.8) is 0 Å². The van der Waals surface area contributed by atoms with Crippen LogP contribution in [0.4, 0.5) is 21.6 Å². The molecule has 0 saturated carbocycles. The summed E-state index contributed by atoms with van der Waals surface area (Å²) in [5.74, 6) is -1.12. The number of aromatic amines is 1. The Morgan fingerprint density at radius 2 is 1.91 bits per heavy atom. The number of aryl methyl sites for hydroxylation is 1. The van der Waals surface area contributed by atoms with E-state index in [9.17, 15) is 23.6 Å². The van der Waals surface area contributed by atoms with Gasteiger partial charge in [-0.25, -0.2) is 9.18 Å². The van der Waals surface area contributed by atoms with Gasteiger partial charge in [-0.2, -0.15) is 0 Å². The molecule has 2 aromatic heterocycles. The summed E-state index contributed by atoms with van der Waals surface area (Å²) in [6.07, 6.45) is 0. The Balaban J connectivity index is 2.02. The van der Waals surface area contributed by atoms with Crippen LogP contribution in [0.3, 0.4) is 0 Å². The fourth-order valence-electron chi connectivity index (χ4n) is 3.79. The number of amides is 1. The van der Waals surface area contributed by atoms with Crippen molar-refractivity contribution in [3.8, 4) is 5.69 Å². The van der Waals surface area contributed by atoms with Gasteiger partial charge in [-0.3, -0.25) is 28.5 Å². The molecule has 0 bridgehead atoms. The van der Waals surface area contributed by atoms with E-state index in [1.807, 2.05) is 22.6 Å². The Morgan fingerprint density at radius 1 is 1.17 bits per heavy atom. The van der Waals surface area contributed by atoms with Gasteiger partial charge in [0.05, 0.1) is 23.4 Å². The number of benzene rings is 2. The molecule has 4 aromatic rings. The van der Waals surface area contributed by atoms with Gasteiger partial charge >= 0.3 is 5.69 Å². The summed E-state index contributed by atoms with van der Waals surface area (Å²) < 4.78 is 17.7. The van der Waals surface area contributed by atoms with Crippen LogP contribution in [0.5, 0.6) is 0 Å². The number of hydrogen-bond acceptors (Lipinski definition) is 6. The second-order valence-electron chi connectivity index (χ2n) is 7.78. The van der Waals surface area contributed by atoms with E-state index in [1.54, 1.807) is 30.3 Å². The minimum Gasteiger partial charge on any atom is -0.376 e. The van der Waals surface area contributed by atoms with Gasteiger partial charge in [-0.15, -0.1) is 0 Å². The summed E-state index contributed by atoms with van der Waals surface area (Å²) >= 11 is 1.97. The van der Waals surface area contributed by atoms with Gasteiger partial charge in [0.1, 0.15) is 17.0 Å². The average Bonchev–Trinajstić information content (AvgIpc) is 2.80. The second kappa shape index (κ2) is 9.37. The first-order valence-electron chi connectivity index (χ1n) is 10.3. The zero-order valence-corrected chi connectivity index (χ0v) is 20.8. The lowest BCUT2D eigenvalue weighted by molar-refractivity contribution is -0.116. The number of carbonyl (C=O) groups excluding carboxylic acids is 1. The lowest BCUT2D eigenvalue weighted by Gasteiger charge is -2.19. The highest BCUT2D eigenvalue weighted by Gasteiger charge is 2.21. The van der Waals surface area contributed by atoms with Crippen LogP contribution in [0.2, 0.25) is 0 Å². The molecule has 2 heterocycles. The van der Waals surface area contributed by atoms with Crippen LogP contribution in [0, 0.1) is 16.3 Å². The van der Waals surface area contributed by atoms with Crippen LogP contribution >= 0.6 is 22.6 Å². The van der Waals surface area contributed by atoms with Crippen LogP contribution in [0.15, 0.2) is 56.8 Å². The molecule has 0 aliphatic heterocycles. The third kappa shape index (κ3) is 4.56. The van der Waals surface area contributed by atoms with Crippen molar-refractivity contribution in [3.05, 3.63) is 88.6 Å². The van der Waals surface area contributed by atoms with Crippen molar-refractivity contribution in [2.45, 2.75) is 6.92 Å². The van der Waals surface area contributed by atoms with E-state index in [0.717, 1.165) is 0 Å². The van der Waals surface area contributed by atoms with Crippen molar-refractivity contribution in [1.82, 2.24) is 14.1 Å². The Labute approximate surface area is 210 Å². The van der Waals surface area contributed by atoms with Crippen LogP contribution in [-0.4, -0.2) is 26.6 Å². The van der Waals surface area contributed by atoms with E-state index in [4.69, 9.17) is 5.73 Å². The van der Waals surface area contributed by atoms with Crippen LogP contribution in [0.1, 0.15) is 5.56 Å². The molecule has 10 nitrogen and oxygen atoms in total. The van der Waals surface area contributed by atoms with Gasteiger partial charge in [0.15, 0.2) is 0 Å². The zero-order valence-electron chi connectivity index (χ0n) is 18.6. The molecule has 0 spiro atoms. The minimum absolute atomic E-state index is 0.00218. The molecular weight excluding hydrogens is 570 g/mol. The summed E-state index contributed by atoms with van der Waals surface area (Å²) in [5.41, 5.74) is 4.30. The Hall–Kier alpha value is -3.94. The van der Waals surface area contributed by atoms with Gasteiger partial charge in [0.2, 0.25) is 5.91 Å². The second-order valence-corrected chi connectivity index (χ2v) is 9.02. The Morgan fingerprint density at radius 3 is 2.60 bits per heavy atom. The molecule has 0 fully saturated rings. The number of fused-ring (bicyclic) bond motifs is 1. The van der Waals surface area contributed by atoms with Crippen molar-refractivity contribution in [2.24, 2.45) is 12.8 Å². The first-order valence-corrected chi connectivity index (χ1v) is 11.4. The largest absolute Gasteiger partial charge is 0.376 e. The predicted molar refractivity (Wildman–Crippen MR) is 140 cm³/mol. The number of rotatable bonds is 6. The quantitative estimate of drug-likeness (QED) is 0.253. The molecule has 0 saturated heterocycles. The fourth-order valence-corrected chi connectivity index (χ4v) is 4.24.